The molecule has 330 valence electrons. The van der Waals surface area contributed by atoms with Crippen molar-refractivity contribution in [1.82, 2.24) is 0 Å². The molecule has 0 bridgehead atoms. The molecule has 1 nitrogen and oxygen atoms in total. The van der Waals surface area contributed by atoms with Gasteiger partial charge in [-0.3, -0.25) is 0 Å². The Balaban J connectivity index is 0.000000302. The maximum absolute atomic E-state index is 15.4. The first-order valence-electron chi connectivity index (χ1n) is 16.8. The third-order valence-electron chi connectivity index (χ3n) is 9.79. The number of fused-ring (bicyclic) bond motifs is 1. The Labute approximate surface area is 347 Å². The fourth-order valence-corrected chi connectivity index (χ4v) is 8.54. The first kappa shape index (κ1) is 46.7. The predicted molar refractivity (Wildman–Crippen MR) is 189 cm³/mol. The zero-order chi connectivity index (χ0) is 46.9. The molecule has 0 saturated carbocycles. The predicted octanol–water partition coefficient (Wildman–Crippen LogP) is 9.68. The van der Waals surface area contributed by atoms with Gasteiger partial charge in [-0.05, 0) is 13.0 Å². The van der Waals surface area contributed by atoms with Gasteiger partial charge in [0.15, 0.2) is 76.4 Å². The number of halogens is 20. The molecule has 0 saturated heterocycles. The molecule has 0 aliphatic carbocycles. The highest BCUT2D eigenvalue weighted by Gasteiger charge is 2.52. The third kappa shape index (κ3) is 7.13. The molecule has 63 heavy (non-hydrogen) atoms. The smallest absolute Gasteiger partial charge is 0.207 e. The number of thiol groups is 1. The van der Waals surface area contributed by atoms with Crippen LogP contribution in [0, 0.1) is 123 Å². The van der Waals surface area contributed by atoms with E-state index in [1.165, 1.54) is 21.3 Å². The second kappa shape index (κ2) is 17.1. The number of nitrogens with zero attached hydrogens (tertiary/aromatic N) is 1. The van der Waals surface area contributed by atoms with E-state index >= 15 is 35.1 Å². The van der Waals surface area contributed by atoms with Crippen LogP contribution < -0.4 is 26.4 Å². The molecule has 0 unspecified atom stereocenters. The Kier molecular flexibility index (Phi) is 12.7. The highest BCUT2D eigenvalue weighted by Crippen LogP contribution is 2.31. The molecule has 7 rings (SSSR count). The van der Waals surface area contributed by atoms with Crippen LogP contribution in [0.25, 0.3) is 10.2 Å². The molecule has 0 radical (unpaired) electrons. The van der Waals surface area contributed by atoms with Gasteiger partial charge in [-0.25, -0.2) is 87.8 Å². The van der Waals surface area contributed by atoms with Crippen LogP contribution in [0.4, 0.5) is 87.8 Å². The van der Waals surface area contributed by atoms with Gasteiger partial charge in [-0.1, -0.05) is 66.4 Å². The average molecular weight is 951 g/mol. The molecule has 1 heterocycles. The molecule has 0 aliphatic heterocycles. The van der Waals surface area contributed by atoms with E-state index in [2.05, 4.69) is 66.6 Å². The highest BCUT2D eigenvalue weighted by molar-refractivity contribution is 7.82. The van der Waals surface area contributed by atoms with Crippen molar-refractivity contribution in [3.05, 3.63) is 176 Å². The van der Waals surface area contributed by atoms with Crippen molar-refractivity contribution in [2.24, 2.45) is 0 Å². The molecule has 0 N–H and O–H groups in total. The average Bonchev–Trinajstić information content (AvgIpc) is 3.58. The second-order valence-electron chi connectivity index (χ2n) is 13.2. The van der Waals surface area contributed by atoms with E-state index in [4.69, 9.17) is 0 Å². The molecule has 24 heteroatoms. The minimum absolute atomic E-state index is 0.879. The molecular formula is C39H14BF20NS2. The zero-order valence-electron chi connectivity index (χ0n) is 30.3. The van der Waals surface area contributed by atoms with Gasteiger partial charge in [-0.2, -0.15) is 4.57 Å². The summed E-state index contributed by atoms with van der Waals surface area (Å²) in [6.07, 6.45) is -7.22. The van der Waals surface area contributed by atoms with Crippen LogP contribution in [0.15, 0.2) is 52.9 Å². The van der Waals surface area contributed by atoms with Crippen LogP contribution in [-0.4, -0.2) is 6.15 Å². The number of benzene rings is 6. The number of aryl methyl sites for hydroxylation is 1. The topological polar surface area (TPSA) is 3.88 Å². The van der Waals surface area contributed by atoms with E-state index in [0.717, 1.165) is 10.9 Å². The lowest BCUT2D eigenvalue weighted by atomic mass is 9.12. The number of para-hydroxylation sites is 1. The van der Waals surface area contributed by atoms with E-state index in [-0.39, 0.29) is 0 Å². The van der Waals surface area contributed by atoms with Crippen LogP contribution in [-0.2, 0) is 6.54 Å². The molecule has 6 aromatic carbocycles. The van der Waals surface area contributed by atoms with Gasteiger partial charge in [0, 0.05) is 11.1 Å². The molecule has 0 spiro atoms. The summed E-state index contributed by atoms with van der Waals surface area (Å²) in [5.41, 5.74) is -10.4. The minimum atomic E-state index is -7.22. The Morgan fingerprint density at radius 3 is 0.984 bits per heavy atom. The largest absolute Gasteiger partial charge is 0.295 e. The first-order valence-corrected chi connectivity index (χ1v) is 18.1. The summed E-state index contributed by atoms with van der Waals surface area (Å²) in [6.45, 7) is 3.04. The van der Waals surface area contributed by atoms with Crippen molar-refractivity contribution in [3.63, 3.8) is 0 Å². The summed E-state index contributed by atoms with van der Waals surface area (Å²) in [5, 5.41) is 0. The van der Waals surface area contributed by atoms with Gasteiger partial charge in [0.1, 0.15) is 57.4 Å². The first-order chi connectivity index (χ1) is 29.5. The number of hydrogen-bond acceptors (Lipinski definition) is 2. The monoisotopic (exact) mass is 951 g/mol. The summed E-state index contributed by atoms with van der Waals surface area (Å²) >= 11 is 6.35. The van der Waals surface area contributed by atoms with Crippen molar-refractivity contribution in [3.8, 4) is 0 Å². The summed E-state index contributed by atoms with van der Waals surface area (Å²) in [5.74, 6) is -71.4. The van der Waals surface area contributed by atoms with Gasteiger partial charge >= 0.3 is 0 Å². The fraction of sp³-hybridized carbons (Fsp3) is 0.0513. The van der Waals surface area contributed by atoms with Gasteiger partial charge in [0.25, 0.3) is 4.34 Å². The standard InChI is InChI=1S/C24BF20.C15H13NS2/c26-5-1(6(27)14(35)21(42)13(5)34)25(2-7(28)15(36)22(43)16(37)8(2)29,3-9(30)17(38)23(44)18(39)10(3)31)4-11(32)19(40)24(45)20(41)12(4)33;1-11-6-5-9-13-14(11)16(15(17)18-13)10-12-7-3-2-4-8-12/h;2-9H,10H2,1H3/q-1;/p+1. The lowest BCUT2D eigenvalue weighted by molar-refractivity contribution is -0.693. The van der Waals surface area contributed by atoms with Crippen LogP contribution in [0.3, 0.4) is 0 Å². The molecule has 0 amide bonds. The summed E-state index contributed by atoms with van der Waals surface area (Å²) < 4.78 is 299. The Bertz CT molecular complexity index is 2630. The minimum Gasteiger partial charge on any atom is -0.207 e. The summed E-state index contributed by atoms with van der Waals surface area (Å²) in [6, 6.07) is 16.9. The molecule has 0 fully saturated rings. The maximum Gasteiger partial charge on any atom is 0.295 e. The van der Waals surface area contributed by atoms with E-state index in [1.54, 1.807) is 11.3 Å². The van der Waals surface area contributed by atoms with Crippen molar-refractivity contribution in [2.75, 3.05) is 0 Å². The van der Waals surface area contributed by atoms with Crippen LogP contribution >= 0.6 is 24.0 Å². The normalized spacial score (nSPS) is 11.7. The molecule has 0 atom stereocenters. The Hall–Kier alpha value is -5.78. The second-order valence-corrected chi connectivity index (χ2v) is 14.9. The molecule has 7 aromatic rings. The summed E-state index contributed by atoms with van der Waals surface area (Å²) in [4.78, 5) is 0. The van der Waals surface area contributed by atoms with E-state index in [1.807, 2.05) is 6.07 Å². The maximum atomic E-state index is 15.4. The van der Waals surface area contributed by atoms with Crippen molar-refractivity contribution < 1.29 is 92.4 Å². The van der Waals surface area contributed by atoms with E-state index in [9.17, 15) is 52.7 Å². The zero-order valence-corrected chi connectivity index (χ0v) is 32.0. The van der Waals surface area contributed by atoms with Crippen molar-refractivity contribution in [2.45, 2.75) is 17.8 Å². The Morgan fingerprint density at radius 2 is 0.683 bits per heavy atom. The van der Waals surface area contributed by atoms with Gasteiger partial charge in [-0.15, -0.1) is 21.9 Å². The number of rotatable bonds is 6. The van der Waals surface area contributed by atoms with Gasteiger partial charge in [0.2, 0.25) is 5.52 Å². The highest BCUT2D eigenvalue weighted by atomic mass is 32.2. The third-order valence-corrected chi connectivity index (χ3v) is 11.3. The van der Waals surface area contributed by atoms with Gasteiger partial charge < -0.3 is 0 Å². The fourth-order valence-electron chi connectivity index (χ4n) is 7.10. The lowest BCUT2D eigenvalue weighted by Crippen LogP contribution is -2.81. The van der Waals surface area contributed by atoms with Crippen LogP contribution in [0.1, 0.15) is 11.1 Å². The Morgan fingerprint density at radius 1 is 0.397 bits per heavy atom. The van der Waals surface area contributed by atoms with Crippen molar-refractivity contribution in [1.29, 1.82) is 0 Å². The SMILES string of the molecule is Cc1cccc2sc(S)[n+](Cc3ccccc3)c12.Fc1c(F)c(F)c([B-](c2c(F)c(F)c(F)c(F)c2F)(c2c(F)c(F)c(F)c(F)c2F)c2c(F)c(F)c(F)c(F)c2F)c(F)c1F. The van der Waals surface area contributed by atoms with Gasteiger partial charge in [0.05, 0.1) is 0 Å². The number of hydrogen-bond donors (Lipinski definition) is 1. The number of aromatic nitrogens is 1. The van der Waals surface area contributed by atoms with Crippen LogP contribution in [0.2, 0.25) is 0 Å². The van der Waals surface area contributed by atoms with E-state index < -0.39 is 144 Å². The van der Waals surface area contributed by atoms with Crippen LogP contribution in [0.5, 0.6) is 0 Å². The summed E-state index contributed by atoms with van der Waals surface area (Å²) in [7, 11) is 0. The van der Waals surface area contributed by atoms with Crippen molar-refractivity contribution >= 4 is 62.2 Å². The molecule has 0 aliphatic rings. The van der Waals surface area contributed by atoms with E-state index in [0.29, 0.717) is 0 Å². The lowest BCUT2D eigenvalue weighted by Gasteiger charge is -2.44. The quantitative estimate of drug-likeness (QED) is 0.0423. The molecule has 1 aromatic heterocycles. The number of thiazole rings is 1. The molecular weight excluding hydrogens is 937 g/mol.